The van der Waals surface area contributed by atoms with Crippen LogP contribution < -0.4 is 0 Å². The van der Waals surface area contributed by atoms with Gasteiger partial charge in [-0.1, -0.05) is 13.8 Å². The van der Waals surface area contributed by atoms with Gasteiger partial charge in [0.05, 0.1) is 5.38 Å². The number of halogens is 1. The molecule has 0 aliphatic carbocycles. The molecular formula is C8H16ClN. The second kappa shape index (κ2) is 3.10. The normalized spacial score (nSPS) is 35.7. The molecule has 0 aromatic carbocycles. The van der Waals surface area contributed by atoms with Gasteiger partial charge in [-0.2, -0.15) is 0 Å². The molecule has 2 unspecified atom stereocenters. The Kier molecular flexibility index (Phi) is 2.59. The first-order chi connectivity index (χ1) is 4.63. The van der Waals surface area contributed by atoms with E-state index in [1.807, 2.05) is 0 Å². The molecule has 0 spiro atoms. The first kappa shape index (κ1) is 8.35. The Morgan fingerprint density at radius 2 is 2.10 bits per heavy atom. The van der Waals surface area contributed by atoms with E-state index >= 15 is 0 Å². The van der Waals surface area contributed by atoms with Crippen molar-refractivity contribution in [1.82, 2.24) is 4.90 Å². The summed E-state index contributed by atoms with van der Waals surface area (Å²) >= 11 is 6.13. The van der Waals surface area contributed by atoms with Crippen molar-refractivity contribution in [1.29, 1.82) is 0 Å². The third-order valence-electron chi connectivity index (χ3n) is 2.32. The van der Waals surface area contributed by atoms with Gasteiger partial charge >= 0.3 is 0 Å². The molecule has 2 heteroatoms. The van der Waals surface area contributed by atoms with Crippen LogP contribution in [0.15, 0.2) is 0 Å². The largest absolute Gasteiger partial charge is 0.302 e. The van der Waals surface area contributed by atoms with E-state index < -0.39 is 0 Å². The first-order valence-corrected chi connectivity index (χ1v) is 4.41. The highest BCUT2D eigenvalue weighted by Gasteiger charge is 2.31. The van der Waals surface area contributed by atoms with Crippen LogP contribution in [0.25, 0.3) is 0 Å². The molecule has 0 saturated carbocycles. The molecule has 0 aromatic heterocycles. The van der Waals surface area contributed by atoms with E-state index in [9.17, 15) is 0 Å². The number of likely N-dealkylation sites (tertiary alicyclic amines) is 1. The average Bonchev–Trinajstić information content (AvgIpc) is 2.11. The second-order valence-corrected chi connectivity index (χ2v) is 4.08. The van der Waals surface area contributed by atoms with Gasteiger partial charge in [-0.05, 0) is 25.9 Å². The summed E-state index contributed by atoms with van der Waals surface area (Å²) in [5, 5.41) is 0.380. The van der Waals surface area contributed by atoms with Crippen molar-refractivity contribution in [2.24, 2.45) is 5.92 Å². The first-order valence-electron chi connectivity index (χ1n) is 3.97. The molecule has 60 valence electrons. The van der Waals surface area contributed by atoms with Crippen LogP contribution >= 0.6 is 11.6 Å². The molecule has 2 atom stereocenters. The summed E-state index contributed by atoms with van der Waals surface area (Å²) in [6.45, 7) is 5.64. The Morgan fingerprint density at radius 3 is 2.30 bits per heavy atom. The molecule has 0 bridgehead atoms. The maximum Gasteiger partial charge on any atom is 0.0506 e. The lowest BCUT2D eigenvalue weighted by molar-refractivity contribution is 0.252. The summed E-state index contributed by atoms with van der Waals surface area (Å²) in [6.07, 6.45) is 1.15. The zero-order valence-electron chi connectivity index (χ0n) is 6.97. The molecule has 0 radical (unpaired) electrons. The summed E-state index contributed by atoms with van der Waals surface area (Å²) in [5.74, 6) is 0.690. The Hall–Kier alpha value is 0.250. The van der Waals surface area contributed by atoms with Crippen molar-refractivity contribution in [3.8, 4) is 0 Å². The molecule has 1 aliphatic rings. The highest BCUT2D eigenvalue weighted by atomic mass is 35.5. The molecule has 1 rings (SSSR count). The minimum absolute atomic E-state index is 0.380. The van der Waals surface area contributed by atoms with E-state index in [4.69, 9.17) is 11.6 Å². The molecule has 1 nitrogen and oxygen atoms in total. The van der Waals surface area contributed by atoms with E-state index in [-0.39, 0.29) is 0 Å². The predicted molar refractivity (Wildman–Crippen MR) is 45.5 cm³/mol. The van der Waals surface area contributed by atoms with Crippen LogP contribution in [0.4, 0.5) is 0 Å². The highest BCUT2D eigenvalue weighted by molar-refractivity contribution is 6.21. The summed E-state index contributed by atoms with van der Waals surface area (Å²) in [5.41, 5.74) is 0. The lowest BCUT2D eigenvalue weighted by atomic mass is 10.0. The maximum absolute atomic E-state index is 6.13. The SMILES string of the molecule is CC(C)C1C(Cl)CCN1C. The van der Waals surface area contributed by atoms with E-state index in [0.29, 0.717) is 17.3 Å². The summed E-state index contributed by atoms with van der Waals surface area (Å²) < 4.78 is 0. The van der Waals surface area contributed by atoms with Crippen LogP contribution in [0.1, 0.15) is 20.3 Å². The standard InChI is InChI=1S/C8H16ClN/c1-6(2)8-7(9)4-5-10(8)3/h6-8H,4-5H2,1-3H3. The Balaban J connectivity index is 2.54. The van der Waals surface area contributed by atoms with Crippen molar-refractivity contribution < 1.29 is 0 Å². The predicted octanol–water partition coefficient (Wildman–Crippen LogP) is 1.95. The van der Waals surface area contributed by atoms with Gasteiger partial charge in [0.1, 0.15) is 0 Å². The molecule has 0 amide bonds. The fraction of sp³-hybridized carbons (Fsp3) is 1.00. The van der Waals surface area contributed by atoms with Gasteiger partial charge in [0.15, 0.2) is 0 Å². The lowest BCUT2D eigenvalue weighted by Crippen LogP contribution is -2.34. The minimum atomic E-state index is 0.380. The number of alkyl halides is 1. The van der Waals surface area contributed by atoms with Gasteiger partial charge in [0, 0.05) is 6.04 Å². The second-order valence-electron chi connectivity index (χ2n) is 3.52. The van der Waals surface area contributed by atoms with Crippen LogP contribution in [0.2, 0.25) is 0 Å². The van der Waals surface area contributed by atoms with E-state index in [1.165, 1.54) is 0 Å². The van der Waals surface area contributed by atoms with E-state index in [1.54, 1.807) is 0 Å². The Labute approximate surface area is 68.4 Å². The molecular weight excluding hydrogens is 146 g/mol. The third kappa shape index (κ3) is 1.46. The third-order valence-corrected chi connectivity index (χ3v) is 2.80. The molecule has 0 aromatic rings. The quantitative estimate of drug-likeness (QED) is 0.532. The minimum Gasteiger partial charge on any atom is -0.302 e. The lowest BCUT2D eigenvalue weighted by Gasteiger charge is -2.25. The van der Waals surface area contributed by atoms with Crippen molar-refractivity contribution in [2.45, 2.75) is 31.7 Å². The molecule has 1 fully saturated rings. The van der Waals surface area contributed by atoms with Gasteiger partial charge in [-0.15, -0.1) is 11.6 Å². The summed E-state index contributed by atoms with van der Waals surface area (Å²) in [7, 11) is 2.16. The van der Waals surface area contributed by atoms with Gasteiger partial charge in [-0.3, -0.25) is 0 Å². The highest BCUT2D eigenvalue weighted by Crippen LogP contribution is 2.26. The van der Waals surface area contributed by atoms with Crippen molar-refractivity contribution in [3.05, 3.63) is 0 Å². The zero-order valence-corrected chi connectivity index (χ0v) is 7.73. The maximum atomic E-state index is 6.13. The fourth-order valence-corrected chi connectivity index (χ4v) is 2.43. The molecule has 0 N–H and O–H groups in total. The number of hydrogen-bond donors (Lipinski definition) is 0. The van der Waals surface area contributed by atoms with Gasteiger partial charge in [0.2, 0.25) is 0 Å². The Morgan fingerprint density at radius 1 is 1.50 bits per heavy atom. The van der Waals surface area contributed by atoms with Crippen LogP contribution in [-0.4, -0.2) is 29.9 Å². The van der Waals surface area contributed by atoms with Crippen LogP contribution in [0.3, 0.4) is 0 Å². The average molecular weight is 162 g/mol. The number of rotatable bonds is 1. The monoisotopic (exact) mass is 161 g/mol. The van der Waals surface area contributed by atoms with Crippen molar-refractivity contribution >= 4 is 11.6 Å². The number of hydrogen-bond acceptors (Lipinski definition) is 1. The van der Waals surface area contributed by atoms with Crippen molar-refractivity contribution in [3.63, 3.8) is 0 Å². The number of nitrogens with zero attached hydrogens (tertiary/aromatic N) is 1. The van der Waals surface area contributed by atoms with Gasteiger partial charge in [-0.25, -0.2) is 0 Å². The van der Waals surface area contributed by atoms with Crippen LogP contribution in [0.5, 0.6) is 0 Å². The Bertz CT molecular complexity index is 104. The smallest absolute Gasteiger partial charge is 0.0506 e. The van der Waals surface area contributed by atoms with Crippen LogP contribution in [0, 0.1) is 5.92 Å². The summed E-state index contributed by atoms with van der Waals surface area (Å²) in [4.78, 5) is 2.36. The molecule has 1 heterocycles. The summed E-state index contributed by atoms with van der Waals surface area (Å²) in [6, 6.07) is 0.599. The van der Waals surface area contributed by atoms with E-state index in [0.717, 1.165) is 13.0 Å². The fourth-order valence-electron chi connectivity index (χ4n) is 1.85. The topological polar surface area (TPSA) is 3.24 Å². The van der Waals surface area contributed by atoms with E-state index in [2.05, 4.69) is 25.8 Å². The molecule has 1 saturated heterocycles. The van der Waals surface area contributed by atoms with Crippen LogP contribution in [-0.2, 0) is 0 Å². The molecule has 10 heavy (non-hydrogen) atoms. The van der Waals surface area contributed by atoms with Crippen molar-refractivity contribution in [2.75, 3.05) is 13.6 Å². The van der Waals surface area contributed by atoms with Gasteiger partial charge in [0.25, 0.3) is 0 Å². The molecule has 1 aliphatic heterocycles. The zero-order chi connectivity index (χ0) is 7.72. The van der Waals surface area contributed by atoms with Gasteiger partial charge < -0.3 is 4.90 Å².